The second-order valence-electron chi connectivity index (χ2n) is 8.82. The van der Waals surface area contributed by atoms with Crippen molar-refractivity contribution >= 4 is 23.2 Å². The summed E-state index contributed by atoms with van der Waals surface area (Å²) in [6.45, 7) is 3.22. The van der Waals surface area contributed by atoms with Crippen molar-refractivity contribution < 1.29 is 18.4 Å². The Bertz CT molecular complexity index is 1020. The van der Waals surface area contributed by atoms with Gasteiger partial charge in [0.05, 0.1) is 6.04 Å². The third-order valence-corrected chi connectivity index (χ3v) is 6.51. The van der Waals surface area contributed by atoms with Gasteiger partial charge in [-0.1, -0.05) is 18.6 Å². The van der Waals surface area contributed by atoms with Crippen LogP contribution in [0.15, 0.2) is 36.4 Å². The van der Waals surface area contributed by atoms with E-state index >= 15 is 0 Å². The van der Waals surface area contributed by atoms with Crippen molar-refractivity contribution in [3.8, 4) is 0 Å². The van der Waals surface area contributed by atoms with Gasteiger partial charge in [-0.15, -0.1) is 0 Å². The molecule has 33 heavy (non-hydrogen) atoms. The zero-order chi connectivity index (χ0) is 23.4. The Morgan fingerprint density at radius 1 is 0.939 bits per heavy atom. The molecule has 1 fully saturated rings. The van der Waals surface area contributed by atoms with Gasteiger partial charge in [0.1, 0.15) is 0 Å². The van der Waals surface area contributed by atoms with Gasteiger partial charge in [-0.25, -0.2) is 8.78 Å². The normalized spacial score (nSPS) is 17.2. The minimum Gasteiger partial charge on any atom is -0.374 e. The second kappa shape index (κ2) is 10.3. The van der Waals surface area contributed by atoms with Gasteiger partial charge in [0.25, 0.3) is 0 Å². The number of fused-ring (bicyclic) bond motifs is 1. The van der Waals surface area contributed by atoms with Crippen LogP contribution in [0.2, 0.25) is 0 Å². The fraction of sp³-hybridized carbons (Fsp3) is 0.440. The number of hydrogen-bond acceptors (Lipinski definition) is 4. The first-order chi connectivity index (χ1) is 15.9. The molecule has 1 unspecified atom stereocenters. The van der Waals surface area contributed by atoms with Gasteiger partial charge in [-0.3, -0.25) is 14.5 Å². The number of anilines is 2. The van der Waals surface area contributed by atoms with E-state index in [1.807, 2.05) is 0 Å². The van der Waals surface area contributed by atoms with Crippen LogP contribution in [-0.4, -0.2) is 49.9 Å². The summed E-state index contributed by atoms with van der Waals surface area (Å²) in [7, 11) is 2.10. The first-order valence-corrected chi connectivity index (χ1v) is 11.5. The average molecular weight is 457 g/mol. The van der Waals surface area contributed by atoms with Crippen molar-refractivity contribution in [2.75, 3.05) is 43.4 Å². The Hall–Kier alpha value is -3.00. The van der Waals surface area contributed by atoms with Crippen LogP contribution in [0, 0.1) is 11.6 Å². The van der Waals surface area contributed by atoms with Crippen molar-refractivity contribution in [2.24, 2.45) is 0 Å². The Balaban J connectivity index is 1.46. The van der Waals surface area contributed by atoms with E-state index in [0.29, 0.717) is 6.54 Å². The number of aryl methyl sites for hydroxylation is 1. The second-order valence-corrected chi connectivity index (χ2v) is 8.82. The molecule has 2 amide bonds. The van der Waals surface area contributed by atoms with Gasteiger partial charge in [0, 0.05) is 37.6 Å². The molecule has 8 heteroatoms. The number of nitrogens with zero attached hydrogens (tertiary/aromatic N) is 2. The molecular formula is C25H30F2N4O2. The van der Waals surface area contributed by atoms with Crippen LogP contribution in [0.1, 0.15) is 42.9 Å². The molecule has 0 saturated carbocycles. The fourth-order valence-corrected chi connectivity index (χ4v) is 4.73. The standard InChI is InChI=1S/C25H30F2N4O2/c1-30-11-5-6-17-14-18(7-10-22(17)30)23(31-12-3-2-4-13-31)16-28-24(32)25(33)29-19-8-9-20(26)21(27)15-19/h7-10,14-15,23H,2-6,11-13,16H2,1H3,(H,28,32)(H,29,33). The van der Waals surface area contributed by atoms with Crippen LogP contribution in [-0.2, 0) is 16.0 Å². The van der Waals surface area contributed by atoms with Gasteiger partial charge >= 0.3 is 11.8 Å². The number of hydrogen-bond donors (Lipinski definition) is 2. The Morgan fingerprint density at radius 2 is 1.73 bits per heavy atom. The fourth-order valence-electron chi connectivity index (χ4n) is 4.73. The largest absolute Gasteiger partial charge is 0.374 e. The molecule has 2 aromatic carbocycles. The summed E-state index contributed by atoms with van der Waals surface area (Å²) in [5.41, 5.74) is 3.72. The van der Waals surface area contributed by atoms with Gasteiger partial charge in [0.15, 0.2) is 11.6 Å². The van der Waals surface area contributed by atoms with Crippen LogP contribution in [0.3, 0.4) is 0 Å². The smallest absolute Gasteiger partial charge is 0.313 e. The monoisotopic (exact) mass is 456 g/mol. The number of amides is 2. The average Bonchev–Trinajstić information content (AvgIpc) is 2.82. The number of rotatable bonds is 5. The molecule has 1 saturated heterocycles. The Kier molecular flexibility index (Phi) is 7.23. The van der Waals surface area contributed by atoms with E-state index in [-0.39, 0.29) is 11.7 Å². The number of likely N-dealkylation sites (tertiary alicyclic amines) is 1. The summed E-state index contributed by atoms with van der Waals surface area (Å²) in [4.78, 5) is 29.4. The molecule has 1 atom stereocenters. The third-order valence-electron chi connectivity index (χ3n) is 6.51. The van der Waals surface area contributed by atoms with Crippen molar-refractivity contribution in [2.45, 2.75) is 38.1 Å². The van der Waals surface area contributed by atoms with Crippen LogP contribution >= 0.6 is 0 Å². The van der Waals surface area contributed by atoms with E-state index in [0.717, 1.165) is 63.0 Å². The molecule has 2 aliphatic heterocycles. The molecule has 0 radical (unpaired) electrons. The maximum absolute atomic E-state index is 13.4. The highest BCUT2D eigenvalue weighted by Crippen LogP contribution is 2.31. The van der Waals surface area contributed by atoms with Crippen molar-refractivity contribution in [3.05, 3.63) is 59.2 Å². The lowest BCUT2D eigenvalue weighted by Crippen LogP contribution is -2.43. The number of piperidine rings is 1. The van der Waals surface area contributed by atoms with Crippen LogP contribution < -0.4 is 15.5 Å². The van der Waals surface area contributed by atoms with Crippen LogP contribution in [0.5, 0.6) is 0 Å². The maximum Gasteiger partial charge on any atom is 0.313 e. The van der Waals surface area contributed by atoms with Gasteiger partial charge in [-0.2, -0.15) is 0 Å². The quantitative estimate of drug-likeness (QED) is 0.675. The number of carbonyl (C=O) groups is 2. The minimum atomic E-state index is -1.09. The molecule has 0 aromatic heterocycles. The molecule has 6 nitrogen and oxygen atoms in total. The summed E-state index contributed by atoms with van der Waals surface area (Å²) in [6.07, 6.45) is 5.55. The van der Waals surface area contributed by atoms with E-state index < -0.39 is 23.4 Å². The van der Waals surface area contributed by atoms with Crippen molar-refractivity contribution in [1.29, 1.82) is 0 Å². The van der Waals surface area contributed by atoms with E-state index in [1.54, 1.807) is 0 Å². The highest BCUT2D eigenvalue weighted by Gasteiger charge is 2.26. The zero-order valence-electron chi connectivity index (χ0n) is 18.9. The van der Waals surface area contributed by atoms with Crippen LogP contribution in [0.4, 0.5) is 20.2 Å². The lowest BCUT2D eigenvalue weighted by Gasteiger charge is -2.36. The lowest BCUT2D eigenvalue weighted by atomic mass is 9.95. The topological polar surface area (TPSA) is 64.7 Å². The zero-order valence-corrected chi connectivity index (χ0v) is 18.9. The summed E-state index contributed by atoms with van der Waals surface area (Å²) in [5, 5.41) is 5.06. The van der Waals surface area contributed by atoms with Gasteiger partial charge in [0.2, 0.25) is 0 Å². The molecule has 176 valence electrons. The molecule has 2 heterocycles. The molecule has 2 N–H and O–H groups in total. The number of nitrogens with one attached hydrogen (secondary N) is 2. The molecular weight excluding hydrogens is 426 g/mol. The Labute approximate surface area is 192 Å². The minimum absolute atomic E-state index is 0.0282. The lowest BCUT2D eigenvalue weighted by molar-refractivity contribution is -0.136. The van der Waals surface area contributed by atoms with Crippen molar-refractivity contribution in [3.63, 3.8) is 0 Å². The molecule has 2 aromatic rings. The molecule has 0 aliphatic carbocycles. The molecule has 4 rings (SSSR count). The molecule has 0 spiro atoms. The van der Waals surface area contributed by atoms with Gasteiger partial charge in [-0.05, 0) is 68.1 Å². The number of halogens is 2. The van der Waals surface area contributed by atoms with E-state index in [2.05, 4.69) is 45.7 Å². The highest BCUT2D eigenvalue weighted by molar-refractivity contribution is 6.39. The van der Waals surface area contributed by atoms with Crippen molar-refractivity contribution in [1.82, 2.24) is 10.2 Å². The SMILES string of the molecule is CN1CCCc2cc(C(CNC(=O)C(=O)Nc3ccc(F)c(F)c3)N3CCCCC3)ccc21. The molecule has 0 bridgehead atoms. The van der Waals surface area contributed by atoms with Crippen LogP contribution in [0.25, 0.3) is 0 Å². The van der Waals surface area contributed by atoms with E-state index in [4.69, 9.17) is 0 Å². The summed E-state index contributed by atoms with van der Waals surface area (Å²) in [5.74, 6) is -3.82. The summed E-state index contributed by atoms with van der Waals surface area (Å²) < 4.78 is 26.5. The summed E-state index contributed by atoms with van der Waals surface area (Å²) in [6, 6.07) is 9.43. The predicted molar refractivity (Wildman–Crippen MR) is 124 cm³/mol. The predicted octanol–water partition coefficient (Wildman–Crippen LogP) is 3.63. The number of benzene rings is 2. The maximum atomic E-state index is 13.4. The number of carbonyl (C=O) groups excluding carboxylic acids is 2. The highest BCUT2D eigenvalue weighted by atomic mass is 19.2. The Morgan fingerprint density at radius 3 is 2.48 bits per heavy atom. The first kappa shape index (κ1) is 23.2. The van der Waals surface area contributed by atoms with E-state index in [1.165, 1.54) is 23.7 Å². The summed E-state index contributed by atoms with van der Waals surface area (Å²) >= 11 is 0. The third kappa shape index (κ3) is 5.50. The first-order valence-electron chi connectivity index (χ1n) is 11.5. The molecule has 2 aliphatic rings. The van der Waals surface area contributed by atoms with Gasteiger partial charge < -0.3 is 15.5 Å². The van der Waals surface area contributed by atoms with E-state index in [9.17, 15) is 18.4 Å².